The summed E-state index contributed by atoms with van der Waals surface area (Å²) < 4.78 is 4.97. The lowest BCUT2D eigenvalue weighted by molar-refractivity contribution is -0.136. The Morgan fingerprint density at radius 3 is 2.48 bits per heavy atom. The second-order valence-electron chi connectivity index (χ2n) is 5.51. The fourth-order valence-electron chi connectivity index (χ4n) is 1.94. The highest BCUT2D eigenvalue weighted by molar-refractivity contribution is 7.11. The minimum absolute atomic E-state index is 0.135. The monoisotopic (exact) mass is 361 g/mol. The van der Waals surface area contributed by atoms with Crippen molar-refractivity contribution >= 4 is 34.8 Å². The zero-order chi connectivity index (χ0) is 18.4. The van der Waals surface area contributed by atoms with Crippen LogP contribution in [0.5, 0.6) is 0 Å². The van der Waals surface area contributed by atoms with Crippen LogP contribution in [0.1, 0.15) is 20.9 Å². The number of esters is 1. The Morgan fingerprint density at radius 2 is 1.88 bits per heavy atom. The van der Waals surface area contributed by atoms with Crippen LogP contribution < -0.4 is 5.32 Å². The van der Waals surface area contributed by atoms with Crippen LogP contribution in [0.2, 0.25) is 0 Å². The molecule has 1 N–H and O–H groups in total. The smallest absolute Gasteiger partial charge is 0.350 e. The Kier molecular flexibility index (Phi) is 6.24. The minimum Gasteiger partial charge on any atom is -0.451 e. The van der Waals surface area contributed by atoms with E-state index in [4.69, 9.17) is 4.74 Å². The van der Waals surface area contributed by atoms with Gasteiger partial charge in [-0.15, -0.1) is 11.3 Å². The van der Waals surface area contributed by atoms with Gasteiger partial charge in [0.05, 0.1) is 17.7 Å². The van der Waals surface area contributed by atoms with Crippen molar-refractivity contribution in [3.8, 4) is 0 Å². The number of rotatable bonds is 6. The van der Waals surface area contributed by atoms with E-state index in [-0.39, 0.29) is 12.5 Å². The molecule has 0 aliphatic rings. The Bertz CT molecular complexity index is 770. The summed E-state index contributed by atoms with van der Waals surface area (Å²) in [5.41, 5.74) is 3.84. The first-order chi connectivity index (χ1) is 11.9. The molecule has 1 heterocycles. The maximum absolute atomic E-state index is 12.0. The molecular weight excluding hydrogens is 342 g/mol. The molecule has 8 heteroatoms. The number of nitrogens with zero attached hydrogens (tertiary/aromatic N) is 2. The molecule has 0 bridgehead atoms. The van der Waals surface area contributed by atoms with Crippen molar-refractivity contribution in [1.82, 2.24) is 9.88 Å². The quantitative estimate of drug-likeness (QED) is 0.795. The minimum atomic E-state index is -0.592. The molecule has 2 amide bonds. The summed E-state index contributed by atoms with van der Waals surface area (Å²) in [6.45, 7) is 3.08. The Labute approximate surface area is 149 Å². The summed E-state index contributed by atoms with van der Waals surface area (Å²) in [5, 5.41) is 2.70. The van der Waals surface area contributed by atoms with Gasteiger partial charge in [-0.2, -0.15) is 0 Å². The Hall–Kier alpha value is -2.74. The van der Waals surface area contributed by atoms with Crippen LogP contribution in [0.25, 0.3) is 0 Å². The van der Waals surface area contributed by atoms with Crippen molar-refractivity contribution in [2.45, 2.75) is 13.8 Å². The highest BCUT2D eigenvalue weighted by Crippen LogP contribution is 2.13. The number of ether oxygens (including phenoxy) is 1. The van der Waals surface area contributed by atoms with Gasteiger partial charge in [-0.3, -0.25) is 9.59 Å². The van der Waals surface area contributed by atoms with E-state index in [9.17, 15) is 14.4 Å². The molecule has 2 aromatic rings. The number of aromatic nitrogens is 1. The third kappa shape index (κ3) is 5.39. The number of carbonyl (C=O) groups is 3. The third-order valence-corrected chi connectivity index (χ3v) is 4.31. The first kappa shape index (κ1) is 18.6. The van der Waals surface area contributed by atoms with Crippen LogP contribution in [0.15, 0.2) is 29.8 Å². The largest absolute Gasteiger partial charge is 0.451 e. The van der Waals surface area contributed by atoms with Crippen LogP contribution in [0.3, 0.4) is 0 Å². The van der Waals surface area contributed by atoms with E-state index >= 15 is 0 Å². The first-order valence-corrected chi connectivity index (χ1v) is 8.42. The van der Waals surface area contributed by atoms with Crippen LogP contribution >= 0.6 is 11.3 Å². The fourth-order valence-corrected chi connectivity index (χ4v) is 2.64. The lowest BCUT2D eigenvalue weighted by atomic mass is 10.2. The van der Waals surface area contributed by atoms with Gasteiger partial charge >= 0.3 is 5.97 Å². The van der Waals surface area contributed by atoms with Crippen molar-refractivity contribution in [3.63, 3.8) is 0 Å². The van der Waals surface area contributed by atoms with E-state index < -0.39 is 18.5 Å². The summed E-state index contributed by atoms with van der Waals surface area (Å²) in [6, 6.07) is 7.33. The van der Waals surface area contributed by atoms with E-state index in [0.717, 1.165) is 16.9 Å². The van der Waals surface area contributed by atoms with Gasteiger partial charge in [-0.25, -0.2) is 9.78 Å². The van der Waals surface area contributed by atoms with Crippen molar-refractivity contribution in [1.29, 1.82) is 0 Å². The zero-order valence-electron chi connectivity index (χ0n) is 14.2. The number of anilines is 1. The van der Waals surface area contributed by atoms with Crippen molar-refractivity contribution in [2.75, 3.05) is 25.5 Å². The maximum atomic E-state index is 12.0. The van der Waals surface area contributed by atoms with Crippen molar-refractivity contribution < 1.29 is 19.1 Å². The molecule has 0 atom stereocenters. The van der Waals surface area contributed by atoms with Crippen LogP contribution in [0.4, 0.5) is 5.69 Å². The highest BCUT2D eigenvalue weighted by Gasteiger charge is 2.18. The molecule has 0 fully saturated rings. The highest BCUT2D eigenvalue weighted by atomic mass is 32.1. The summed E-state index contributed by atoms with van der Waals surface area (Å²) >= 11 is 1.16. The molecule has 1 aromatic heterocycles. The number of nitrogens with one attached hydrogen (secondary N) is 1. The molecule has 0 radical (unpaired) electrons. The van der Waals surface area contributed by atoms with Gasteiger partial charge < -0.3 is 15.0 Å². The number of carbonyl (C=O) groups excluding carboxylic acids is 3. The molecule has 0 spiro atoms. The third-order valence-electron chi connectivity index (χ3n) is 3.40. The summed E-state index contributed by atoms with van der Waals surface area (Å²) in [6.07, 6.45) is 0. The number of hydrogen-bond acceptors (Lipinski definition) is 6. The van der Waals surface area contributed by atoms with Gasteiger partial charge in [0, 0.05) is 12.7 Å². The topological polar surface area (TPSA) is 88.6 Å². The molecule has 2 rings (SSSR count). The molecule has 0 aliphatic carbocycles. The van der Waals surface area contributed by atoms with Crippen LogP contribution in [-0.4, -0.2) is 47.9 Å². The standard InChI is InChI=1S/C17H19N3O4S/c1-11-4-6-13(7-5-11)19-14(21)8-20(3)15(22)9-24-17(23)16-12(2)18-10-25-16/h4-7,10H,8-9H2,1-3H3,(H,19,21). The van der Waals surface area contributed by atoms with Crippen LogP contribution in [0, 0.1) is 13.8 Å². The van der Waals surface area contributed by atoms with Gasteiger partial charge in [0.25, 0.3) is 5.91 Å². The Morgan fingerprint density at radius 1 is 1.20 bits per heavy atom. The molecule has 0 saturated heterocycles. The second kappa shape index (κ2) is 8.39. The summed E-state index contributed by atoms with van der Waals surface area (Å²) in [4.78, 5) is 41.3. The van der Waals surface area contributed by atoms with E-state index in [1.54, 1.807) is 19.1 Å². The van der Waals surface area contributed by atoms with Gasteiger partial charge in [0.2, 0.25) is 5.91 Å². The molecule has 0 aliphatic heterocycles. The number of thiazole rings is 1. The number of benzene rings is 1. The number of hydrogen-bond donors (Lipinski definition) is 1. The zero-order valence-corrected chi connectivity index (χ0v) is 15.1. The van der Waals surface area contributed by atoms with Gasteiger partial charge in [-0.05, 0) is 26.0 Å². The number of likely N-dealkylation sites (N-methyl/N-ethyl adjacent to an activating group) is 1. The maximum Gasteiger partial charge on any atom is 0.350 e. The normalized spacial score (nSPS) is 10.2. The first-order valence-electron chi connectivity index (χ1n) is 7.54. The van der Waals surface area contributed by atoms with Gasteiger partial charge in [0.15, 0.2) is 6.61 Å². The average molecular weight is 361 g/mol. The van der Waals surface area contributed by atoms with Gasteiger partial charge in [0.1, 0.15) is 4.88 Å². The number of aryl methyl sites for hydroxylation is 2. The second-order valence-corrected chi connectivity index (χ2v) is 6.36. The molecule has 132 valence electrons. The van der Waals surface area contributed by atoms with E-state index in [0.29, 0.717) is 16.3 Å². The van der Waals surface area contributed by atoms with E-state index in [1.807, 2.05) is 19.1 Å². The van der Waals surface area contributed by atoms with E-state index in [1.165, 1.54) is 17.5 Å². The Balaban J connectivity index is 1.79. The average Bonchev–Trinajstić information content (AvgIpc) is 3.00. The lowest BCUT2D eigenvalue weighted by Gasteiger charge is -2.16. The molecule has 1 aromatic carbocycles. The lowest BCUT2D eigenvalue weighted by Crippen LogP contribution is -2.37. The van der Waals surface area contributed by atoms with Gasteiger partial charge in [-0.1, -0.05) is 17.7 Å². The number of amides is 2. The summed E-state index contributed by atoms with van der Waals surface area (Å²) in [7, 11) is 1.48. The fraction of sp³-hybridized carbons (Fsp3) is 0.294. The van der Waals surface area contributed by atoms with Crippen LogP contribution in [-0.2, 0) is 14.3 Å². The van der Waals surface area contributed by atoms with Crippen molar-refractivity contribution in [2.24, 2.45) is 0 Å². The SMILES string of the molecule is Cc1ccc(NC(=O)CN(C)C(=O)COC(=O)c2scnc2C)cc1. The predicted octanol–water partition coefficient (Wildman–Crippen LogP) is 2.01. The molecular formula is C17H19N3O4S. The molecule has 7 nitrogen and oxygen atoms in total. The molecule has 25 heavy (non-hydrogen) atoms. The summed E-state index contributed by atoms with van der Waals surface area (Å²) in [5.74, 6) is -1.38. The van der Waals surface area contributed by atoms with Crippen molar-refractivity contribution in [3.05, 3.63) is 45.9 Å². The molecule has 0 unspecified atom stereocenters. The van der Waals surface area contributed by atoms with E-state index in [2.05, 4.69) is 10.3 Å². The molecule has 0 saturated carbocycles. The predicted molar refractivity (Wildman–Crippen MR) is 94.6 cm³/mol.